The third kappa shape index (κ3) is 6.03. The number of anilines is 1. The highest BCUT2D eigenvalue weighted by Gasteiger charge is 2.59. The molecule has 0 heterocycles. The number of aliphatic hydroxyl groups is 1. The summed E-state index contributed by atoms with van der Waals surface area (Å²) >= 11 is 0. The monoisotopic (exact) mass is 649 g/mol. The maximum atomic E-state index is 13.2. The van der Waals surface area contributed by atoms with Gasteiger partial charge in [0.2, 0.25) is 15.9 Å². The molecule has 8 atom stereocenters. The van der Waals surface area contributed by atoms with Crippen LogP contribution in [0.15, 0.2) is 52.9 Å². The van der Waals surface area contributed by atoms with Crippen LogP contribution >= 0.6 is 0 Å². The Bertz CT molecular complexity index is 1590. The SMILES string of the molecule is C[C@H](CCC(=O)NCCNS(=O)(=O)c1cccc2c(N(C)C)cccc12)[C@H]1CC[C@H]2[C@@H]3CC=C4CC(O)CC[C@]4(C)[C@H]3CC[C@]12C. The molecule has 252 valence electrons. The fraction of sp³-hybridized carbons (Fsp3) is 0.658. The van der Waals surface area contributed by atoms with Crippen molar-refractivity contribution in [1.29, 1.82) is 0 Å². The summed E-state index contributed by atoms with van der Waals surface area (Å²) < 4.78 is 29.1. The minimum absolute atomic E-state index is 0.00685. The minimum atomic E-state index is -3.74. The molecule has 1 unspecified atom stereocenters. The first-order valence-corrected chi connectivity index (χ1v) is 19.2. The van der Waals surface area contributed by atoms with Crippen LogP contribution < -0.4 is 14.9 Å². The first kappa shape index (κ1) is 33.5. The Morgan fingerprint density at radius 1 is 1.00 bits per heavy atom. The zero-order valence-electron chi connectivity index (χ0n) is 28.5. The van der Waals surface area contributed by atoms with Gasteiger partial charge in [-0.25, -0.2) is 13.1 Å². The summed E-state index contributed by atoms with van der Waals surface area (Å²) in [7, 11) is 0.152. The van der Waals surface area contributed by atoms with Gasteiger partial charge < -0.3 is 15.3 Å². The van der Waals surface area contributed by atoms with Gasteiger partial charge in [-0.2, -0.15) is 0 Å². The Morgan fingerprint density at radius 2 is 1.76 bits per heavy atom. The van der Waals surface area contributed by atoms with E-state index >= 15 is 0 Å². The van der Waals surface area contributed by atoms with Crippen LogP contribution in [0.1, 0.15) is 85.0 Å². The normalized spacial score (nSPS) is 33.0. The molecule has 0 saturated heterocycles. The molecule has 3 saturated carbocycles. The molecular formula is C38H55N3O4S. The Morgan fingerprint density at radius 3 is 2.54 bits per heavy atom. The van der Waals surface area contributed by atoms with Crippen molar-refractivity contribution in [2.45, 2.75) is 96.0 Å². The summed E-state index contributed by atoms with van der Waals surface area (Å²) in [6, 6.07) is 11.0. The first-order valence-electron chi connectivity index (χ1n) is 17.7. The number of hydrogen-bond acceptors (Lipinski definition) is 5. The number of amides is 1. The van der Waals surface area contributed by atoms with Crippen LogP contribution in [0.2, 0.25) is 0 Å². The van der Waals surface area contributed by atoms with Crippen LogP contribution in [0.5, 0.6) is 0 Å². The van der Waals surface area contributed by atoms with Gasteiger partial charge in [-0.15, -0.1) is 0 Å². The molecule has 2 aromatic rings. The minimum Gasteiger partial charge on any atom is -0.393 e. The Balaban J connectivity index is 0.995. The number of hydrogen-bond donors (Lipinski definition) is 3. The molecule has 4 aliphatic rings. The van der Waals surface area contributed by atoms with Gasteiger partial charge in [-0.1, -0.05) is 56.7 Å². The second-order valence-corrected chi connectivity index (χ2v) is 17.4. The van der Waals surface area contributed by atoms with E-state index in [1.807, 2.05) is 43.3 Å². The van der Waals surface area contributed by atoms with Gasteiger partial charge in [0, 0.05) is 50.1 Å². The van der Waals surface area contributed by atoms with Crippen LogP contribution in [0, 0.1) is 40.4 Å². The quantitative estimate of drug-likeness (QED) is 0.198. The molecule has 46 heavy (non-hydrogen) atoms. The fourth-order valence-corrected chi connectivity index (χ4v) is 11.9. The summed E-state index contributed by atoms with van der Waals surface area (Å²) in [5, 5.41) is 14.9. The highest BCUT2D eigenvalue weighted by Crippen LogP contribution is 2.67. The van der Waals surface area contributed by atoms with Gasteiger partial charge in [-0.05, 0) is 110 Å². The molecule has 7 nitrogen and oxygen atoms in total. The predicted molar refractivity (Wildman–Crippen MR) is 186 cm³/mol. The summed E-state index contributed by atoms with van der Waals surface area (Å²) in [4.78, 5) is 15.1. The maximum absolute atomic E-state index is 13.2. The molecule has 0 aromatic heterocycles. The maximum Gasteiger partial charge on any atom is 0.241 e. The van der Waals surface area contributed by atoms with E-state index in [1.54, 1.807) is 12.1 Å². The van der Waals surface area contributed by atoms with E-state index in [4.69, 9.17) is 0 Å². The van der Waals surface area contributed by atoms with E-state index < -0.39 is 10.0 Å². The van der Waals surface area contributed by atoms with Crippen molar-refractivity contribution in [3.05, 3.63) is 48.0 Å². The number of allylic oxidation sites excluding steroid dienone is 1. The van der Waals surface area contributed by atoms with Crippen LogP contribution in [-0.2, 0) is 14.8 Å². The molecule has 3 fully saturated rings. The lowest BCUT2D eigenvalue weighted by atomic mass is 9.47. The second-order valence-electron chi connectivity index (χ2n) is 15.7. The first-order chi connectivity index (χ1) is 21.8. The Hall–Kier alpha value is -2.42. The lowest BCUT2D eigenvalue weighted by molar-refractivity contribution is -0.121. The zero-order valence-corrected chi connectivity index (χ0v) is 29.3. The van der Waals surface area contributed by atoms with Crippen LogP contribution in [0.4, 0.5) is 5.69 Å². The Kier molecular flexibility index (Phi) is 9.38. The van der Waals surface area contributed by atoms with E-state index in [2.05, 4.69) is 36.9 Å². The molecule has 8 heteroatoms. The van der Waals surface area contributed by atoms with Crippen molar-refractivity contribution in [3.8, 4) is 0 Å². The standard InChI is InChI=1S/C38H55N3O4S/c1-25(31-15-16-32-30-14-13-26-24-27(42)18-20-37(26,2)33(30)19-21-38(31,32)3)12-17-36(43)39-22-23-40-46(44,45)35-11-7-8-28-29(35)9-6-10-34(28)41(4)5/h6-11,13,25,27,30-33,40,42H,12,14-24H2,1-5H3,(H,39,43)/t25-,27?,30+,31-,32+,33+,37+,38-/m1/s1. The average Bonchev–Trinajstić information content (AvgIpc) is 3.39. The topological polar surface area (TPSA) is 98.7 Å². The largest absolute Gasteiger partial charge is 0.393 e. The lowest BCUT2D eigenvalue weighted by Gasteiger charge is -2.58. The average molecular weight is 650 g/mol. The number of aliphatic hydroxyl groups excluding tert-OH is 1. The smallest absolute Gasteiger partial charge is 0.241 e. The van der Waals surface area contributed by atoms with Crippen molar-refractivity contribution in [1.82, 2.24) is 10.0 Å². The zero-order chi connectivity index (χ0) is 32.9. The molecule has 0 aliphatic heterocycles. The van der Waals surface area contributed by atoms with E-state index in [0.717, 1.165) is 54.5 Å². The molecule has 3 N–H and O–H groups in total. The van der Waals surface area contributed by atoms with Gasteiger partial charge in [0.05, 0.1) is 11.0 Å². The molecule has 2 aromatic carbocycles. The summed E-state index contributed by atoms with van der Waals surface area (Å²) in [6.45, 7) is 7.80. The van der Waals surface area contributed by atoms with Gasteiger partial charge in [-0.3, -0.25) is 4.79 Å². The van der Waals surface area contributed by atoms with E-state index in [9.17, 15) is 18.3 Å². The fourth-order valence-electron chi connectivity index (χ4n) is 10.6. The summed E-state index contributed by atoms with van der Waals surface area (Å²) in [6.07, 6.45) is 12.9. The second kappa shape index (κ2) is 12.9. The number of carbonyl (C=O) groups excluding carboxylic acids is 1. The van der Waals surface area contributed by atoms with Crippen molar-refractivity contribution >= 4 is 32.4 Å². The van der Waals surface area contributed by atoms with Crippen LogP contribution in [0.25, 0.3) is 10.8 Å². The Labute approximate surface area is 276 Å². The lowest BCUT2D eigenvalue weighted by Crippen LogP contribution is -2.50. The molecule has 6 rings (SSSR count). The predicted octanol–water partition coefficient (Wildman–Crippen LogP) is 6.66. The van der Waals surface area contributed by atoms with Gasteiger partial charge >= 0.3 is 0 Å². The van der Waals surface area contributed by atoms with E-state index in [-0.39, 0.29) is 35.4 Å². The molecule has 0 spiro atoms. The van der Waals surface area contributed by atoms with Crippen molar-refractivity contribution in [3.63, 3.8) is 0 Å². The third-order valence-electron chi connectivity index (χ3n) is 13.0. The molecule has 4 aliphatic carbocycles. The molecule has 0 bridgehead atoms. The van der Waals surface area contributed by atoms with Gasteiger partial charge in [0.1, 0.15) is 0 Å². The molecule has 1 amide bonds. The number of benzene rings is 2. The number of rotatable bonds is 10. The number of nitrogens with one attached hydrogen (secondary N) is 2. The number of carbonyl (C=O) groups is 1. The van der Waals surface area contributed by atoms with E-state index in [1.165, 1.54) is 37.7 Å². The molecule has 0 radical (unpaired) electrons. The van der Waals surface area contributed by atoms with E-state index in [0.29, 0.717) is 29.1 Å². The number of fused-ring (bicyclic) bond motifs is 6. The number of sulfonamides is 1. The van der Waals surface area contributed by atoms with Crippen molar-refractivity contribution < 1.29 is 18.3 Å². The van der Waals surface area contributed by atoms with Crippen molar-refractivity contribution in [2.24, 2.45) is 40.4 Å². The highest BCUT2D eigenvalue weighted by atomic mass is 32.2. The highest BCUT2D eigenvalue weighted by molar-refractivity contribution is 7.89. The van der Waals surface area contributed by atoms with Gasteiger partial charge in [0.15, 0.2) is 0 Å². The number of nitrogens with zero attached hydrogens (tertiary/aromatic N) is 1. The van der Waals surface area contributed by atoms with Gasteiger partial charge in [0.25, 0.3) is 0 Å². The summed E-state index contributed by atoms with van der Waals surface area (Å²) in [5.74, 6) is 3.34. The van der Waals surface area contributed by atoms with Crippen LogP contribution in [0.3, 0.4) is 0 Å². The summed E-state index contributed by atoms with van der Waals surface area (Å²) in [5.41, 5.74) is 3.10. The molecular weight excluding hydrogens is 595 g/mol. The van der Waals surface area contributed by atoms with Crippen molar-refractivity contribution in [2.75, 3.05) is 32.1 Å². The third-order valence-corrected chi connectivity index (χ3v) is 14.6. The van der Waals surface area contributed by atoms with Crippen LogP contribution in [-0.4, -0.2) is 52.7 Å².